The SMILES string of the molecule is Cc1cnc(NCC(O)c2ccc(Cl)s2)nc1. The lowest BCUT2D eigenvalue weighted by Crippen LogP contribution is -2.12. The van der Waals surface area contributed by atoms with Crippen molar-refractivity contribution in [3.63, 3.8) is 0 Å². The molecule has 4 nitrogen and oxygen atoms in total. The van der Waals surface area contributed by atoms with Gasteiger partial charge in [0, 0.05) is 23.8 Å². The highest BCUT2D eigenvalue weighted by atomic mass is 35.5. The summed E-state index contributed by atoms with van der Waals surface area (Å²) in [6, 6.07) is 3.59. The molecule has 0 aromatic carbocycles. The zero-order chi connectivity index (χ0) is 12.3. The summed E-state index contributed by atoms with van der Waals surface area (Å²) < 4.78 is 0.672. The van der Waals surface area contributed by atoms with Crippen molar-refractivity contribution in [2.75, 3.05) is 11.9 Å². The van der Waals surface area contributed by atoms with E-state index in [9.17, 15) is 5.11 Å². The molecule has 2 aromatic heterocycles. The van der Waals surface area contributed by atoms with E-state index in [1.807, 2.05) is 13.0 Å². The van der Waals surface area contributed by atoms with Gasteiger partial charge in [0.15, 0.2) is 0 Å². The lowest BCUT2D eigenvalue weighted by molar-refractivity contribution is 0.195. The topological polar surface area (TPSA) is 58.0 Å². The van der Waals surface area contributed by atoms with E-state index in [0.29, 0.717) is 16.8 Å². The minimum Gasteiger partial charge on any atom is -0.386 e. The first-order valence-corrected chi connectivity index (χ1v) is 6.30. The third-order valence-corrected chi connectivity index (χ3v) is 3.49. The molecule has 0 aliphatic rings. The van der Waals surface area contributed by atoms with Gasteiger partial charge in [-0.05, 0) is 24.6 Å². The minimum atomic E-state index is -0.600. The first kappa shape index (κ1) is 12.3. The van der Waals surface area contributed by atoms with E-state index in [-0.39, 0.29) is 0 Å². The maximum absolute atomic E-state index is 9.88. The number of nitrogens with zero attached hydrogens (tertiary/aromatic N) is 2. The second-order valence-electron chi connectivity index (χ2n) is 3.62. The van der Waals surface area contributed by atoms with Crippen molar-refractivity contribution in [3.8, 4) is 0 Å². The van der Waals surface area contributed by atoms with Gasteiger partial charge in [-0.2, -0.15) is 0 Å². The molecule has 0 aliphatic carbocycles. The molecule has 1 atom stereocenters. The Morgan fingerprint density at radius 3 is 2.71 bits per heavy atom. The smallest absolute Gasteiger partial charge is 0.222 e. The quantitative estimate of drug-likeness (QED) is 0.896. The number of hydrogen-bond donors (Lipinski definition) is 2. The summed E-state index contributed by atoms with van der Waals surface area (Å²) in [5.41, 5.74) is 1.00. The van der Waals surface area contributed by atoms with Gasteiger partial charge in [-0.1, -0.05) is 11.6 Å². The predicted octanol–water partition coefficient (Wildman–Crippen LogP) is 2.65. The van der Waals surface area contributed by atoms with Crippen molar-refractivity contribution >= 4 is 28.9 Å². The van der Waals surface area contributed by atoms with Gasteiger partial charge in [0.25, 0.3) is 0 Å². The van der Waals surface area contributed by atoms with E-state index in [4.69, 9.17) is 11.6 Å². The van der Waals surface area contributed by atoms with E-state index in [0.717, 1.165) is 10.4 Å². The molecule has 0 bridgehead atoms. The second-order valence-corrected chi connectivity index (χ2v) is 5.37. The normalized spacial score (nSPS) is 12.4. The molecule has 0 saturated carbocycles. The Hall–Kier alpha value is -1.17. The van der Waals surface area contributed by atoms with E-state index in [1.54, 1.807) is 18.5 Å². The third-order valence-electron chi connectivity index (χ3n) is 2.16. The van der Waals surface area contributed by atoms with E-state index in [2.05, 4.69) is 15.3 Å². The Morgan fingerprint density at radius 2 is 2.12 bits per heavy atom. The fourth-order valence-electron chi connectivity index (χ4n) is 1.28. The van der Waals surface area contributed by atoms with Crippen LogP contribution >= 0.6 is 22.9 Å². The number of halogens is 1. The van der Waals surface area contributed by atoms with Gasteiger partial charge >= 0.3 is 0 Å². The van der Waals surface area contributed by atoms with Crippen LogP contribution in [0.2, 0.25) is 4.34 Å². The number of aliphatic hydroxyl groups excluding tert-OH is 1. The Kier molecular flexibility index (Phi) is 3.93. The van der Waals surface area contributed by atoms with Crippen molar-refractivity contribution in [1.82, 2.24) is 9.97 Å². The van der Waals surface area contributed by atoms with Crippen molar-refractivity contribution in [3.05, 3.63) is 39.3 Å². The van der Waals surface area contributed by atoms with Crippen LogP contribution in [-0.2, 0) is 0 Å². The maximum Gasteiger partial charge on any atom is 0.222 e. The van der Waals surface area contributed by atoms with Crippen LogP contribution in [0.1, 0.15) is 16.5 Å². The number of rotatable bonds is 4. The number of aliphatic hydroxyl groups is 1. The van der Waals surface area contributed by atoms with Crippen LogP contribution in [0.3, 0.4) is 0 Å². The van der Waals surface area contributed by atoms with Crippen LogP contribution in [-0.4, -0.2) is 21.6 Å². The molecule has 0 fully saturated rings. The summed E-state index contributed by atoms with van der Waals surface area (Å²) in [5, 5.41) is 12.9. The van der Waals surface area contributed by atoms with Crippen LogP contribution in [0.4, 0.5) is 5.95 Å². The Balaban J connectivity index is 1.92. The van der Waals surface area contributed by atoms with Gasteiger partial charge < -0.3 is 10.4 Å². The first-order valence-electron chi connectivity index (χ1n) is 5.11. The lowest BCUT2D eigenvalue weighted by Gasteiger charge is -2.09. The van der Waals surface area contributed by atoms with Crippen LogP contribution < -0.4 is 5.32 Å². The van der Waals surface area contributed by atoms with Gasteiger partial charge in [0.05, 0.1) is 4.34 Å². The third kappa shape index (κ3) is 3.39. The molecule has 2 rings (SSSR count). The minimum absolute atomic E-state index is 0.361. The first-order chi connectivity index (χ1) is 8.15. The standard InChI is InChI=1S/C11H12ClN3OS/c1-7-4-13-11(14-5-7)15-6-8(16)9-2-3-10(12)17-9/h2-5,8,16H,6H2,1H3,(H,13,14,15). The summed E-state index contributed by atoms with van der Waals surface area (Å²) in [7, 11) is 0. The van der Waals surface area contributed by atoms with Crippen LogP contribution in [0.15, 0.2) is 24.5 Å². The summed E-state index contributed by atoms with van der Waals surface area (Å²) >= 11 is 7.17. The number of anilines is 1. The predicted molar refractivity (Wildman–Crippen MR) is 69.5 cm³/mol. The van der Waals surface area contributed by atoms with Gasteiger partial charge in [-0.3, -0.25) is 0 Å². The Bertz CT molecular complexity index is 486. The average Bonchev–Trinajstić information content (AvgIpc) is 2.75. The fraction of sp³-hybridized carbons (Fsp3) is 0.273. The second kappa shape index (κ2) is 5.44. The van der Waals surface area contributed by atoms with E-state index in [1.165, 1.54) is 11.3 Å². The largest absolute Gasteiger partial charge is 0.386 e. The molecular weight excluding hydrogens is 258 g/mol. The molecule has 2 heterocycles. The van der Waals surface area contributed by atoms with E-state index < -0.39 is 6.10 Å². The van der Waals surface area contributed by atoms with Gasteiger partial charge in [-0.25, -0.2) is 9.97 Å². The maximum atomic E-state index is 9.88. The van der Waals surface area contributed by atoms with Gasteiger partial charge in [0.2, 0.25) is 5.95 Å². The summed E-state index contributed by atoms with van der Waals surface area (Å²) in [5.74, 6) is 0.511. The highest BCUT2D eigenvalue weighted by Gasteiger charge is 2.10. The molecule has 2 aromatic rings. The molecule has 0 aliphatic heterocycles. The molecule has 0 saturated heterocycles. The zero-order valence-corrected chi connectivity index (χ0v) is 10.8. The summed E-state index contributed by atoms with van der Waals surface area (Å²) in [6.45, 7) is 2.28. The van der Waals surface area contributed by atoms with Gasteiger partial charge in [0.1, 0.15) is 6.10 Å². The molecule has 0 radical (unpaired) electrons. The number of aryl methyl sites for hydroxylation is 1. The number of hydrogen-bond acceptors (Lipinski definition) is 5. The Labute approximate surface area is 108 Å². The average molecular weight is 270 g/mol. The molecule has 1 unspecified atom stereocenters. The van der Waals surface area contributed by atoms with Crippen molar-refractivity contribution in [2.24, 2.45) is 0 Å². The number of nitrogens with one attached hydrogen (secondary N) is 1. The Morgan fingerprint density at radius 1 is 1.41 bits per heavy atom. The highest BCUT2D eigenvalue weighted by Crippen LogP contribution is 2.26. The fourth-order valence-corrected chi connectivity index (χ4v) is 2.33. The van der Waals surface area contributed by atoms with Crippen molar-refractivity contribution in [2.45, 2.75) is 13.0 Å². The van der Waals surface area contributed by atoms with Gasteiger partial charge in [-0.15, -0.1) is 11.3 Å². The molecule has 6 heteroatoms. The zero-order valence-electron chi connectivity index (χ0n) is 9.22. The number of thiophene rings is 1. The molecule has 0 spiro atoms. The molecular formula is C11H12ClN3OS. The van der Waals surface area contributed by atoms with Crippen molar-refractivity contribution in [1.29, 1.82) is 0 Å². The molecule has 17 heavy (non-hydrogen) atoms. The van der Waals surface area contributed by atoms with E-state index >= 15 is 0 Å². The monoisotopic (exact) mass is 269 g/mol. The molecule has 90 valence electrons. The molecule has 2 N–H and O–H groups in total. The van der Waals surface area contributed by atoms with Crippen LogP contribution in [0.25, 0.3) is 0 Å². The summed E-state index contributed by atoms with van der Waals surface area (Å²) in [4.78, 5) is 9.01. The summed E-state index contributed by atoms with van der Waals surface area (Å²) in [6.07, 6.45) is 2.85. The highest BCUT2D eigenvalue weighted by molar-refractivity contribution is 7.16. The lowest BCUT2D eigenvalue weighted by atomic mass is 10.3. The van der Waals surface area contributed by atoms with Crippen LogP contribution in [0, 0.1) is 6.92 Å². The molecule has 0 amide bonds. The van der Waals surface area contributed by atoms with Crippen molar-refractivity contribution < 1.29 is 5.11 Å². The number of aromatic nitrogens is 2. The van der Waals surface area contributed by atoms with Crippen LogP contribution in [0.5, 0.6) is 0 Å².